The van der Waals surface area contributed by atoms with E-state index in [1.165, 1.54) is 12.1 Å². The van der Waals surface area contributed by atoms with Gasteiger partial charge in [0.2, 0.25) is 5.66 Å². The first kappa shape index (κ1) is 16.9. The predicted molar refractivity (Wildman–Crippen MR) is 96.0 cm³/mol. The Labute approximate surface area is 151 Å². The molecule has 24 heavy (non-hydrogen) atoms. The van der Waals surface area contributed by atoms with Crippen molar-refractivity contribution in [2.45, 2.75) is 12.3 Å². The van der Waals surface area contributed by atoms with E-state index in [9.17, 15) is 8.78 Å². The minimum atomic E-state index is -2.88. The number of hydrogen-bond donors (Lipinski definition) is 2. The molecule has 8 heteroatoms. The highest BCUT2D eigenvalue weighted by Crippen LogP contribution is 2.40. The van der Waals surface area contributed by atoms with Crippen molar-refractivity contribution in [3.05, 3.63) is 64.1 Å². The molecule has 0 bridgehead atoms. The molecule has 0 amide bonds. The fraction of sp³-hybridized carbons (Fsp3) is 0.125. The summed E-state index contributed by atoms with van der Waals surface area (Å²) >= 11 is 7.68. The zero-order valence-electron chi connectivity index (χ0n) is 12.2. The maximum Gasteiger partial charge on any atom is 0.387 e. The third-order valence-corrected chi connectivity index (χ3v) is 4.31. The fourth-order valence-corrected chi connectivity index (χ4v) is 3.05. The average molecular weight is 412 g/mol. The number of hydrogen-bond acceptors (Lipinski definition) is 4. The first-order valence-corrected chi connectivity index (χ1v) is 8.10. The number of nitrogens with two attached hydrogens (primary N) is 1. The number of ether oxygens (including phenoxy) is 1. The van der Waals surface area contributed by atoms with Crippen molar-refractivity contribution in [1.82, 2.24) is 0 Å². The lowest BCUT2D eigenvalue weighted by molar-refractivity contribution is -0.0498. The predicted octanol–water partition coefficient (Wildman–Crippen LogP) is 3.95. The number of thiol groups is 1. The Morgan fingerprint density at radius 3 is 2.33 bits per heavy atom. The Balaban J connectivity index is 2.11. The first-order chi connectivity index (χ1) is 11.4. The topological polar surface area (TPSA) is 60.0 Å². The summed E-state index contributed by atoms with van der Waals surface area (Å²) in [6.45, 7) is -2.88. The number of benzene rings is 2. The quantitative estimate of drug-likeness (QED) is 0.748. The molecule has 0 saturated carbocycles. The minimum Gasteiger partial charge on any atom is -0.435 e. The van der Waals surface area contributed by atoms with E-state index in [4.69, 9.17) is 5.73 Å². The maximum absolute atomic E-state index is 12.3. The molecular weight excluding hydrogens is 400 g/mol. The van der Waals surface area contributed by atoms with E-state index in [0.29, 0.717) is 10.6 Å². The van der Waals surface area contributed by atoms with Crippen LogP contribution in [0.2, 0.25) is 0 Å². The van der Waals surface area contributed by atoms with Crippen molar-refractivity contribution >= 4 is 39.4 Å². The number of rotatable bonds is 4. The van der Waals surface area contributed by atoms with E-state index in [1.807, 2.05) is 24.3 Å². The molecule has 1 aliphatic heterocycles. The van der Waals surface area contributed by atoms with Crippen LogP contribution in [-0.2, 0) is 5.66 Å². The van der Waals surface area contributed by atoms with Crippen LogP contribution in [0.1, 0.15) is 11.1 Å². The summed E-state index contributed by atoms with van der Waals surface area (Å²) in [4.78, 5) is 8.99. The zero-order valence-corrected chi connectivity index (χ0v) is 14.6. The molecule has 1 unspecified atom stereocenters. The van der Waals surface area contributed by atoms with Crippen LogP contribution in [0.15, 0.2) is 63.0 Å². The van der Waals surface area contributed by atoms with Gasteiger partial charge in [-0.15, -0.1) is 12.6 Å². The summed E-state index contributed by atoms with van der Waals surface area (Å²) in [7, 11) is 0. The molecule has 124 valence electrons. The summed E-state index contributed by atoms with van der Waals surface area (Å²) < 4.78 is 29.9. The Bertz CT molecular complexity index is 806. The lowest BCUT2D eigenvalue weighted by Gasteiger charge is -2.24. The third-order valence-electron chi connectivity index (χ3n) is 3.49. The average Bonchev–Trinajstić information content (AvgIpc) is 2.84. The number of aliphatic imine (C=N–C) groups is 2. The lowest BCUT2D eigenvalue weighted by Crippen LogP contribution is -2.22. The molecule has 2 aromatic carbocycles. The molecule has 0 aromatic heterocycles. The highest BCUT2D eigenvalue weighted by Gasteiger charge is 2.38. The summed E-state index contributed by atoms with van der Waals surface area (Å²) in [5.74, 6) is 0.273. The van der Waals surface area contributed by atoms with Gasteiger partial charge in [0.1, 0.15) is 10.8 Å². The van der Waals surface area contributed by atoms with Crippen LogP contribution in [0.3, 0.4) is 0 Å². The first-order valence-electron chi connectivity index (χ1n) is 6.86. The van der Waals surface area contributed by atoms with Gasteiger partial charge in [-0.25, -0.2) is 9.98 Å². The van der Waals surface area contributed by atoms with E-state index >= 15 is 0 Å². The summed E-state index contributed by atoms with van der Waals surface area (Å²) in [5.41, 5.74) is 6.20. The summed E-state index contributed by atoms with van der Waals surface area (Å²) in [6, 6.07) is 13.6. The number of nitrogens with zero attached hydrogens (tertiary/aromatic N) is 2. The van der Waals surface area contributed by atoms with Crippen LogP contribution in [0, 0.1) is 0 Å². The highest BCUT2D eigenvalue weighted by molar-refractivity contribution is 9.10. The Kier molecular flexibility index (Phi) is 4.60. The molecule has 1 atom stereocenters. The standard InChI is InChI=1S/C16H12BrF2N3OS/c17-11-3-1-2-10(8-11)16(21-13(20)14(24)22-16)9-4-6-12(7-5-9)23-15(18)19/h1-8,15H,(H2,20,21)(H,22,24). The van der Waals surface area contributed by atoms with Crippen LogP contribution < -0.4 is 10.5 Å². The van der Waals surface area contributed by atoms with Crippen molar-refractivity contribution < 1.29 is 13.5 Å². The highest BCUT2D eigenvalue weighted by atomic mass is 79.9. The van der Waals surface area contributed by atoms with E-state index in [1.54, 1.807) is 12.1 Å². The van der Waals surface area contributed by atoms with Crippen LogP contribution in [0.5, 0.6) is 5.75 Å². The molecule has 0 radical (unpaired) electrons. The molecule has 0 saturated heterocycles. The number of amidine groups is 1. The van der Waals surface area contributed by atoms with Gasteiger partial charge in [-0.2, -0.15) is 8.78 Å². The van der Waals surface area contributed by atoms with E-state index in [0.717, 1.165) is 10.0 Å². The third kappa shape index (κ3) is 3.16. The van der Waals surface area contributed by atoms with Crippen LogP contribution in [0.4, 0.5) is 8.78 Å². The van der Waals surface area contributed by atoms with Crippen molar-refractivity contribution in [1.29, 1.82) is 0 Å². The lowest BCUT2D eigenvalue weighted by atomic mass is 9.92. The second-order valence-electron chi connectivity index (χ2n) is 5.02. The van der Waals surface area contributed by atoms with Gasteiger partial charge in [0.25, 0.3) is 0 Å². The molecular formula is C16H12BrF2N3OS. The molecule has 2 aromatic rings. The van der Waals surface area contributed by atoms with Crippen molar-refractivity contribution in [2.75, 3.05) is 0 Å². The van der Waals surface area contributed by atoms with E-state index < -0.39 is 12.3 Å². The molecule has 2 N–H and O–H groups in total. The van der Waals surface area contributed by atoms with Gasteiger partial charge in [0, 0.05) is 15.6 Å². The largest absolute Gasteiger partial charge is 0.435 e. The van der Waals surface area contributed by atoms with Gasteiger partial charge in [-0.3, -0.25) is 0 Å². The van der Waals surface area contributed by atoms with Gasteiger partial charge in [-0.05, 0) is 24.3 Å². The van der Waals surface area contributed by atoms with Crippen molar-refractivity contribution in [3.8, 4) is 5.75 Å². The minimum absolute atomic E-state index is 0.0585. The van der Waals surface area contributed by atoms with Gasteiger partial charge >= 0.3 is 6.61 Å². The van der Waals surface area contributed by atoms with Gasteiger partial charge < -0.3 is 10.5 Å². The van der Waals surface area contributed by atoms with Crippen molar-refractivity contribution in [2.24, 2.45) is 15.7 Å². The van der Waals surface area contributed by atoms with Crippen molar-refractivity contribution in [3.63, 3.8) is 0 Å². The molecule has 3 rings (SSSR count). The summed E-state index contributed by atoms with van der Waals surface area (Å²) in [5, 5.41) is 0.322. The van der Waals surface area contributed by atoms with E-state index in [2.05, 4.69) is 43.3 Å². The normalized spacial score (nSPS) is 20.0. The smallest absolute Gasteiger partial charge is 0.387 e. The summed E-state index contributed by atoms with van der Waals surface area (Å²) in [6.07, 6.45) is 0. The molecule has 1 aliphatic rings. The Morgan fingerprint density at radius 1 is 1.08 bits per heavy atom. The fourth-order valence-electron chi connectivity index (χ4n) is 2.46. The van der Waals surface area contributed by atoms with Crippen LogP contribution in [0.25, 0.3) is 0 Å². The molecule has 1 heterocycles. The van der Waals surface area contributed by atoms with Crippen LogP contribution >= 0.6 is 28.6 Å². The second-order valence-corrected chi connectivity index (χ2v) is 6.36. The van der Waals surface area contributed by atoms with Gasteiger partial charge in [0.15, 0.2) is 5.84 Å². The second kappa shape index (κ2) is 6.52. The Morgan fingerprint density at radius 2 is 1.79 bits per heavy atom. The molecule has 4 nitrogen and oxygen atoms in total. The number of halogens is 3. The maximum atomic E-state index is 12.3. The monoisotopic (exact) mass is 411 g/mol. The zero-order chi connectivity index (χ0) is 17.3. The number of alkyl halides is 2. The molecule has 0 spiro atoms. The Hall–Kier alpha value is -1.93. The SMILES string of the molecule is NC1=NC(c2ccc(OC(F)F)cc2)(c2cccc(Br)c2)N=C1S. The molecule has 0 aliphatic carbocycles. The van der Waals surface area contributed by atoms with E-state index in [-0.39, 0.29) is 11.6 Å². The van der Waals surface area contributed by atoms with Crippen LogP contribution in [-0.4, -0.2) is 17.5 Å². The van der Waals surface area contributed by atoms with Gasteiger partial charge in [0.05, 0.1) is 0 Å². The van der Waals surface area contributed by atoms with Gasteiger partial charge in [-0.1, -0.05) is 40.2 Å². The molecule has 0 fully saturated rings.